The summed E-state index contributed by atoms with van der Waals surface area (Å²) in [6.07, 6.45) is 0. The van der Waals surface area contributed by atoms with Gasteiger partial charge in [-0.05, 0) is 19.1 Å². The first kappa shape index (κ1) is 12.8. The summed E-state index contributed by atoms with van der Waals surface area (Å²) >= 11 is 0. The Kier molecular flexibility index (Phi) is 7.50. The van der Waals surface area contributed by atoms with E-state index in [9.17, 15) is 0 Å². The summed E-state index contributed by atoms with van der Waals surface area (Å²) in [6.45, 7) is 2.04. The van der Waals surface area contributed by atoms with Gasteiger partial charge in [0.05, 0.1) is 0 Å². The molecule has 0 unspecified atom stereocenters. The molecule has 1 aromatic carbocycles. The number of hydrogen-bond acceptors (Lipinski definition) is 1. The fraction of sp³-hybridized carbons (Fsp3) is 0.125. The van der Waals surface area contributed by atoms with Crippen LogP contribution >= 0.6 is 0 Å². The van der Waals surface area contributed by atoms with Crippen LogP contribution in [0.25, 0.3) is 0 Å². The molecule has 0 aliphatic heterocycles. The predicted molar refractivity (Wildman–Crippen MR) is 42.0 cm³/mol. The maximum Gasteiger partial charge on any atom is 0.0314 e. The largest absolute Gasteiger partial charge is 0.399 e. The van der Waals surface area contributed by atoms with Crippen LogP contribution in [0.5, 0.6) is 0 Å². The molecule has 1 nitrogen and oxygen atoms in total. The van der Waals surface area contributed by atoms with Crippen LogP contribution < -0.4 is 5.73 Å². The van der Waals surface area contributed by atoms with E-state index >= 15 is 0 Å². The number of nitrogens with two attached hydrogens (primary N) is 1. The van der Waals surface area contributed by atoms with Gasteiger partial charge in [-0.1, -0.05) is 17.7 Å². The second kappa shape index (κ2) is 5.88. The van der Waals surface area contributed by atoms with Crippen LogP contribution in [0.3, 0.4) is 0 Å². The van der Waals surface area contributed by atoms with Crippen molar-refractivity contribution in [3.63, 3.8) is 0 Å². The van der Waals surface area contributed by atoms with Gasteiger partial charge >= 0.3 is 0 Å². The van der Waals surface area contributed by atoms with Crippen LogP contribution in [-0.4, -0.2) is 0 Å². The molecule has 10 heavy (non-hydrogen) atoms. The molecule has 2 heteroatoms. The zero-order chi connectivity index (χ0) is 5.98. The predicted octanol–water partition coefficient (Wildman–Crippen LogP) is 2.03. The van der Waals surface area contributed by atoms with Gasteiger partial charge in [-0.2, -0.15) is 0 Å². The van der Waals surface area contributed by atoms with Crippen molar-refractivity contribution in [2.24, 2.45) is 0 Å². The second-order valence-electron chi connectivity index (χ2n) is 1.91. The van der Waals surface area contributed by atoms with E-state index in [1.807, 2.05) is 31.2 Å². The van der Waals surface area contributed by atoms with Crippen LogP contribution in [0.4, 0.5) is 5.69 Å². The molecule has 2 N–H and O–H groups in total. The van der Waals surface area contributed by atoms with Gasteiger partial charge in [-0.3, -0.25) is 0 Å². The zero-order valence-electron chi connectivity index (χ0n) is 6.46. The Morgan fingerprint density at radius 3 is 1.80 bits per heavy atom. The summed E-state index contributed by atoms with van der Waals surface area (Å²) in [4.78, 5) is 0. The molecule has 0 amide bonds. The number of aryl methyl sites for hydroxylation is 1. The number of hydrogen-bond donors (Lipinski definition) is 1. The van der Waals surface area contributed by atoms with E-state index in [2.05, 4.69) is 0 Å². The summed E-state index contributed by atoms with van der Waals surface area (Å²) in [5.41, 5.74) is 7.51. The minimum atomic E-state index is 0. The number of benzene rings is 1. The Bertz CT molecular complexity index is 148. The van der Waals surface area contributed by atoms with E-state index in [1.54, 1.807) is 0 Å². The molecule has 0 fully saturated rings. The first-order chi connectivity index (χ1) is 3.79. The quantitative estimate of drug-likeness (QED) is 0.515. The molecular weight excluding hydrogens is 199 g/mol. The molecule has 0 atom stereocenters. The summed E-state index contributed by atoms with van der Waals surface area (Å²) < 4.78 is 0. The molecule has 0 aliphatic rings. The first-order valence-corrected chi connectivity index (χ1v) is 2.61. The minimum absolute atomic E-state index is 0. The van der Waals surface area contributed by atoms with Gasteiger partial charge in [0.1, 0.15) is 0 Å². The standard InChI is InChI=1S/C7H9N.CH3.Y/c1-6-2-4-7(8)5-3-6;;/h2-5H,8H2,1H3;1H3;/q;-1;. The van der Waals surface area contributed by atoms with Gasteiger partial charge in [0, 0.05) is 38.4 Å². The van der Waals surface area contributed by atoms with E-state index in [-0.39, 0.29) is 40.1 Å². The third kappa shape index (κ3) is 4.02. The molecule has 1 rings (SSSR count). The molecule has 0 spiro atoms. The van der Waals surface area contributed by atoms with Crippen molar-refractivity contribution < 1.29 is 32.7 Å². The molecule has 0 heterocycles. The van der Waals surface area contributed by atoms with Gasteiger partial charge in [0.25, 0.3) is 0 Å². The van der Waals surface area contributed by atoms with Crippen LogP contribution in [0.2, 0.25) is 0 Å². The molecule has 0 aliphatic carbocycles. The molecule has 0 saturated carbocycles. The van der Waals surface area contributed by atoms with Gasteiger partial charge in [-0.25, -0.2) is 0 Å². The van der Waals surface area contributed by atoms with Crippen LogP contribution in [0.1, 0.15) is 5.56 Å². The fourth-order valence-corrected chi connectivity index (χ4v) is 0.566. The van der Waals surface area contributed by atoms with Crippen molar-refractivity contribution >= 4 is 5.69 Å². The smallest absolute Gasteiger partial charge is 0.0314 e. The number of rotatable bonds is 0. The van der Waals surface area contributed by atoms with E-state index in [0.717, 1.165) is 5.69 Å². The van der Waals surface area contributed by atoms with Crippen molar-refractivity contribution in [2.75, 3.05) is 5.73 Å². The zero-order valence-corrected chi connectivity index (χ0v) is 9.30. The summed E-state index contributed by atoms with van der Waals surface area (Å²) in [7, 11) is 0. The Balaban J connectivity index is 0. The average molecular weight is 211 g/mol. The summed E-state index contributed by atoms with van der Waals surface area (Å²) in [6, 6.07) is 7.79. The normalized spacial score (nSPS) is 7.30. The second-order valence-corrected chi connectivity index (χ2v) is 1.91. The molecule has 1 aromatic rings. The number of nitrogen functional groups attached to an aromatic ring is 1. The summed E-state index contributed by atoms with van der Waals surface area (Å²) in [5.74, 6) is 0. The SMILES string of the molecule is Cc1ccc(N)cc1.[CH3-].[Y]. The van der Waals surface area contributed by atoms with Gasteiger partial charge < -0.3 is 13.2 Å². The van der Waals surface area contributed by atoms with E-state index in [0.29, 0.717) is 0 Å². The first-order valence-electron chi connectivity index (χ1n) is 2.61. The fourth-order valence-electron chi connectivity index (χ4n) is 0.566. The van der Waals surface area contributed by atoms with Crippen molar-refractivity contribution in [1.82, 2.24) is 0 Å². The third-order valence-electron chi connectivity index (χ3n) is 1.08. The molecule has 0 aromatic heterocycles. The van der Waals surface area contributed by atoms with Crippen molar-refractivity contribution in [2.45, 2.75) is 6.92 Å². The minimum Gasteiger partial charge on any atom is -0.399 e. The number of anilines is 1. The van der Waals surface area contributed by atoms with Crippen molar-refractivity contribution in [3.8, 4) is 0 Å². The summed E-state index contributed by atoms with van der Waals surface area (Å²) in [5, 5.41) is 0. The van der Waals surface area contributed by atoms with E-state index in [1.165, 1.54) is 5.56 Å². The third-order valence-corrected chi connectivity index (χ3v) is 1.08. The van der Waals surface area contributed by atoms with Gasteiger partial charge in [0.2, 0.25) is 0 Å². The maximum atomic E-state index is 5.43. The monoisotopic (exact) mass is 211 g/mol. The Labute approximate surface area is 87.9 Å². The molecule has 0 bridgehead atoms. The van der Waals surface area contributed by atoms with Crippen LogP contribution in [-0.2, 0) is 32.7 Å². The molecule has 53 valence electrons. The topological polar surface area (TPSA) is 26.0 Å². The van der Waals surface area contributed by atoms with Gasteiger partial charge in [-0.15, -0.1) is 0 Å². The Morgan fingerprint density at radius 2 is 1.50 bits per heavy atom. The van der Waals surface area contributed by atoms with Crippen LogP contribution in [0, 0.1) is 14.4 Å². The van der Waals surface area contributed by atoms with Gasteiger partial charge in [0.15, 0.2) is 0 Å². The molecule has 1 radical (unpaired) electrons. The van der Waals surface area contributed by atoms with Crippen LogP contribution in [0.15, 0.2) is 24.3 Å². The Morgan fingerprint density at radius 1 is 1.10 bits per heavy atom. The van der Waals surface area contributed by atoms with Crippen molar-refractivity contribution in [3.05, 3.63) is 37.3 Å². The molecule has 0 saturated heterocycles. The maximum absolute atomic E-state index is 5.43. The molecular formula is C8H12NY-. The average Bonchev–Trinajstić information content (AvgIpc) is 1.77. The van der Waals surface area contributed by atoms with Crippen molar-refractivity contribution in [1.29, 1.82) is 0 Å². The van der Waals surface area contributed by atoms with E-state index in [4.69, 9.17) is 5.73 Å². The van der Waals surface area contributed by atoms with E-state index < -0.39 is 0 Å². The Hall–Kier alpha value is 0.124.